The number of carbonyl (C=O) groups is 2. The SMILES string of the molecule is O=C(CC1Nc2ccccc2NC1=O)NCc1ccccc1Cl. The Balaban J connectivity index is 1.58. The lowest BCUT2D eigenvalue weighted by molar-refractivity contribution is -0.125. The fourth-order valence-corrected chi connectivity index (χ4v) is 2.63. The van der Waals surface area contributed by atoms with E-state index in [0.717, 1.165) is 16.9 Å². The van der Waals surface area contributed by atoms with Gasteiger partial charge in [0, 0.05) is 11.6 Å². The van der Waals surface area contributed by atoms with Crippen LogP contribution in [-0.4, -0.2) is 17.9 Å². The predicted octanol–water partition coefficient (Wildman–Crippen LogP) is 2.78. The van der Waals surface area contributed by atoms with Gasteiger partial charge in [-0.1, -0.05) is 41.9 Å². The van der Waals surface area contributed by atoms with Gasteiger partial charge in [0.2, 0.25) is 11.8 Å². The van der Waals surface area contributed by atoms with Gasteiger partial charge in [0.25, 0.3) is 0 Å². The summed E-state index contributed by atoms with van der Waals surface area (Å²) in [6.45, 7) is 0.337. The summed E-state index contributed by atoms with van der Waals surface area (Å²) < 4.78 is 0. The molecular formula is C17H16ClN3O2. The van der Waals surface area contributed by atoms with Crippen molar-refractivity contribution in [3.8, 4) is 0 Å². The molecule has 0 fully saturated rings. The summed E-state index contributed by atoms with van der Waals surface area (Å²) in [5, 5.41) is 9.28. The zero-order valence-corrected chi connectivity index (χ0v) is 13.1. The van der Waals surface area contributed by atoms with Crippen molar-refractivity contribution in [1.29, 1.82) is 0 Å². The predicted molar refractivity (Wildman–Crippen MR) is 90.4 cm³/mol. The number of carbonyl (C=O) groups excluding carboxylic acids is 2. The third kappa shape index (κ3) is 3.63. The molecule has 3 rings (SSSR count). The van der Waals surface area contributed by atoms with Crippen molar-refractivity contribution < 1.29 is 9.59 Å². The second-order valence-corrected chi connectivity index (χ2v) is 5.71. The van der Waals surface area contributed by atoms with Crippen LogP contribution in [0.25, 0.3) is 0 Å². The van der Waals surface area contributed by atoms with Crippen LogP contribution in [0, 0.1) is 0 Å². The van der Waals surface area contributed by atoms with Crippen LogP contribution in [0.5, 0.6) is 0 Å². The average molecular weight is 330 g/mol. The number of rotatable bonds is 4. The number of para-hydroxylation sites is 2. The quantitative estimate of drug-likeness (QED) is 0.807. The summed E-state index contributed by atoms with van der Waals surface area (Å²) in [4.78, 5) is 24.1. The Bertz CT molecular complexity index is 748. The first kappa shape index (κ1) is 15.4. The van der Waals surface area contributed by atoms with Gasteiger partial charge in [-0.2, -0.15) is 0 Å². The van der Waals surface area contributed by atoms with E-state index in [0.29, 0.717) is 11.6 Å². The molecule has 0 aromatic heterocycles. The Labute approximate surface area is 139 Å². The van der Waals surface area contributed by atoms with Crippen LogP contribution in [-0.2, 0) is 16.1 Å². The van der Waals surface area contributed by atoms with E-state index in [9.17, 15) is 9.59 Å². The van der Waals surface area contributed by atoms with Gasteiger partial charge >= 0.3 is 0 Å². The molecule has 0 spiro atoms. The van der Waals surface area contributed by atoms with Gasteiger partial charge in [-0.3, -0.25) is 9.59 Å². The van der Waals surface area contributed by atoms with E-state index in [4.69, 9.17) is 11.6 Å². The third-order valence-corrected chi connectivity index (χ3v) is 4.02. The highest BCUT2D eigenvalue weighted by Gasteiger charge is 2.27. The smallest absolute Gasteiger partial charge is 0.247 e. The average Bonchev–Trinajstić information content (AvgIpc) is 2.55. The highest BCUT2D eigenvalue weighted by molar-refractivity contribution is 6.31. The van der Waals surface area contributed by atoms with Gasteiger partial charge in [-0.25, -0.2) is 0 Å². The standard InChI is InChI=1S/C17H16ClN3O2/c18-12-6-2-1-5-11(12)10-19-16(22)9-15-17(23)21-14-8-4-3-7-13(14)20-15/h1-8,15,20H,9-10H2,(H,19,22)(H,21,23). The van der Waals surface area contributed by atoms with E-state index in [-0.39, 0.29) is 18.2 Å². The van der Waals surface area contributed by atoms with Crippen LogP contribution < -0.4 is 16.0 Å². The molecule has 23 heavy (non-hydrogen) atoms. The minimum absolute atomic E-state index is 0.0601. The van der Waals surface area contributed by atoms with E-state index in [1.165, 1.54) is 0 Å². The van der Waals surface area contributed by atoms with Crippen molar-refractivity contribution in [2.24, 2.45) is 0 Å². The second-order valence-electron chi connectivity index (χ2n) is 5.30. The van der Waals surface area contributed by atoms with Crippen molar-refractivity contribution in [1.82, 2.24) is 5.32 Å². The molecule has 3 N–H and O–H groups in total. The van der Waals surface area contributed by atoms with Crippen LogP contribution >= 0.6 is 11.6 Å². The van der Waals surface area contributed by atoms with Gasteiger partial charge in [0.1, 0.15) is 6.04 Å². The van der Waals surface area contributed by atoms with Crippen molar-refractivity contribution >= 4 is 34.8 Å². The topological polar surface area (TPSA) is 70.2 Å². The number of hydrogen-bond donors (Lipinski definition) is 3. The maximum atomic E-state index is 12.1. The van der Waals surface area contributed by atoms with E-state index < -0.39 is 6.04 Å². The molecule has 6 heteroatoms. The van der Waals surface area contributed by atoms with Crippen molar-refractivity contribution in [3.63, 3.8) is 0 Å². The molecule has 1 unspecified atom stereocenters. The number of benzene rings is 2. The summed E-state index contributed by atoms with van der Waals surface area (Å²) in [5.41, 5.74) is 2.38. The van der Waals surface area contributed by atoms with Crippen LogP contribution in [0.4, 0.5) is 11.4 Å². The molecule has 0 saturated heterocycles. The normalized spacial score (nSPS) is 16.0. The zero-order valence-electron chi connectivity index (χ0n) is 12.3. The van der Waals surface area contributed by atoms with Crippen molar-refractivity contribution in [3.05, 3.63) is 59.1 Å². The molecule has 2 aromatic rings. The Morgan fingerprint density at radius 2 is 1.78 bits per heavy atom. The second kappa shape index (κ2) is 6.71. The van der Waals surface area contributed by atoms with Crippen LogP contribution in [0.2, 0.25) is 5.02 Å². The summed E-state index contributed by atoms with van der Waals surface area (Å²) >= 11 is 6.05. The number of anilines is 2. The molecule has 1 heterocycles. The monoisotopic (exact) mass is 329 g/mol. The maximum absolute atomic E-state index is 12.1. The lowest BCUT2D eigenvalue weighted by Gasteiger charge is -2.26. The highest BCUT2D eigenvalue weighted by atomic mass is 35.5. The van der Waals surface area contributed by atoms with E-state index in [1.807, 2.05) is 42.5 Å². The van der Waals surface area contributed by atoms with E-state index >= 15 is 0 Å². The van der Waals surface area contributed by atoms with Gasteiger partial charge in [-0.05, 0) is 23.8 Å². The van der Waals surface area contributed by atoms with Crippen LogP contribution in [0.1, 0.15) is 12.0 Å². The van der Waals surface area contributed by atoms with Gasteiger partial charge < -0.3 is 16.0 Å². The Kier molecular flexibility index (Phi) is 4.48. The van der Waals surface area contributed by atoms with Crippen LogP contribution in [0.3, 0.4) is 0 Å². The molecule has 0 radical (unpaired) electrons. The molecule has 2 aromatic carbocycles. The highest BCUT2D eigenvalue weighted by Crippen LogP contribution is 2.26. The van der Waals surface area contributed by atoms with Gasteiger partial charge in [0.15, 0.2) is 0 Å². The first-order valence-corrected chi connectivity index (χ1v) is 7.68. The first-order valence-electron chi connectivity index (χ1n) is 7.30. The minimum atomic E-state index is -0.587. The van der Waals surface area contributed by atoms with E-state index in [1.54, 1.807) is 6.07 Å². The molecular weight excluding hydrogens is 314 g/mol. The number of halogens is 1. The fourth-order valence-electron chi connectivity index (χ4n) is 2.43. The van der Waals surface area contributed by atoms with E-state index in [2.05, 4.69) is 16.0 Å². The van der Waals surface area contributed by atoms with Crippen LogP contribution in [0.15, 0.2) is 48.5 Å². The third-order valence-electron chi connectivity index (χ3n) is 3.65. The summed E-state index contributed by atoms with van der Waals surface area (Å²) in [5.74, 6) is -0.423. The van der Waals surface area contributed by atoms with Gasteiger partial charge in [-0.15, -0.1) is 0 Å². The van der Waals surface area contributed by atoms with Crippen molar-refractivity contribution in [2.75, 3.05) is 10.6 Å². The molecule has 1 atom stereocenters. The molecule has 0 aliphatic carbocycles. The maximum Gasteiger partial charge on any atom is 0.247 e. The van der Waals surface area contributed by atoms with Crippen molar-refractivity contribution in [2.45, 2.75) is 19.0 Å². The fraction of sp³-hybridized carbons (Fsp3) is 0.176. The zero-order chi connectivity index (χ0) is 16.2. The summed E-state index contributed by atoms with van der Waals surface area (Å²) in [7, 11) is 0. The number of amides is 2. The molecule has 1 aliphatic heterocycles. The minimum Gasteiger partial charge on any atom is -0.372 e. The number of nitrogens with one attached hydrogen (secondary N) is 3. The summed E-state index contributed by atoms with van der Waals surface area (Å²) in [6.07, 6.45) is 0.0601. The lowest BCUT2D eigenvalue weighted by atomic mass is 10.1. The number of hydrogen-bond acceptors (Lipinski definition) is 3. The number of fused-ring (bicyclic) bond motifs is 1. The largest absolute Gasteiger partial charge is 0.372 e. The Hall–Kier alpha value is -2.53. The molecule has 0 saturated carbocycles. The van der Waals surface area contributed by atoms with Gasteiger partial charge in [0.05, 0.1) is 17.8 Å². The molecule has 0 bridgehead atoms. The molecule has 118 valence electrons. The molecule has 2 amide bonds. The molecule has 1 aliphatic rings. The first-order chi connectivity index (χ1) is 11.1. The lowest BCUT2D eigenvalue weighted by Crippen LogP contribution is -2.42. The molecule has 5 nitrogen and oxygen atoms in total. The Morgan fingerprint density at radius 1 is 1.09 bits per heavy atom. The summed E-state index contributed by atoms with van der Waals surface area (Å²) in [6, 6.07) is 14.1. The Morgan fingerprint density at radius 3 is 2.57 bits per heavy atom.